The number of halogens is 1. The first-order valence-corrected chi connectivity index (χ1v) is 7.28. The van der Waals surface area contributed by atoms with E-state index in [0.717, 1.165) is 19.6 Å². The Morgan fingerprint density at radius 2 is 2.05 bits per heavy atom. The zero-order valence-corrected chi connectivity index (χ0v) is 12.3. The molecule has 1 saturated heterocycles. The van der Waals surface area contributed by atoms with Gasteiger partial charge in [-0.25, -0.2) is 4.39 Å². The second kappa shape index (κ2) is 6.23. The first-order valence-electron chi connectivity index (χ1n) is 7.28. The molecule has 3 rings (SSSR count). The summed E-state index contributed by atoms with van der Waals surface area (Å²) in [7, 11) is 0. The van der Waals surface area contributed by atoms with Crippen LogP contribution in [-0.2, 0) is 0 Å². The lowest BCUT2D eigenvalue weighted by Crippen LogP contribution is -2.48. The summed E-state index contributed by atoms with van der Waals surface area (Å²) in [5.41, 5.74) is 0.461. The molecule has 22 heavy (non-hydrogen) atoms. The van der Waals surface area contributed by atoms with Gasteiger partial charge in [-0.05, 0) is 24.7 Å². The maximum atomic E-state index is 13.2. The Kier molecular flexibility index (Phi) is 4.15. The number of aromatic nitrogens is 2. The summed E-state index contributed by atoms with van der Waals surface area (Å²) in [5.74, 6) is -0.565. The first-order chi connectivity index (χ1) is 10.7. The monoisotopic (exact) mass is 304 g/mol. The molecule has 1 aromatic carbocycles. The van der Waals surface area contributed by atoms with Crippen LogP contribution in [0, 0.1) is 5.82 Å². The van der Waals surface area contributed by atoms with Crippen molar-refractivity contribution in [1.82, 2.24) is 20.0 Å². The Bertz CT molecular complexity index is 665. The van der Waals surface area contributed by atoms with Gasteiger partial charge >= 0.3 is 11.8 Å². The molecule has 0 unspecified atom stereocenters. The van der Waals surface area contributed by atoms with Gasteiger partial charge in [0.25, 0.3) is 0 Å². The maximum Gasteiger partial charge on any atom is 0.311 e. The third kappa shape index (κ3) is 2.99. The smallest absolute Gasteiger partial charge is 0.311 e. The van der Waals surface area contributed by atoms with Gasteiger partial charge in [0, 0.05) is 31.7 Å². The van der Waals surface area contributed by atoms with Crippen LogP contribution < -0.4 is 0 Å². The largest absolute Gasteiger partial charge is 0.412 e. The summed E-state index contributed by atoms with van der Waals surface area (Å²) in [5, 5.41) is 7.63. The number of rotatable bonds is 3. The maximum absolute atomic E-state index is 13.2. The number of hydrogen-bond donors (Lipinski definition) is 0. The van der Waals surface area contributed by atoms with Crippen molar-refractivity contribution in [3.63, 3.8) is 0 Å². The third-order valence-corrected chi connectivity index (χ3v) is 3.79. The average molecular weight is 304 g/mol. The Labute approximate surface area is 127 Å². The predicted molar refractivity (Wildman–Crippen MR) is 77.7 cm³/mol. The van der Waals surface area contributed by atoms with Crippen LogP contribution in [-0.4, -0.2) is 58.6 Å². The summed E-state index contributed by atoms with van der Waals surface area (Å²) in [6.45, 7) is 6.04. The van der Waals surface area contributed by atoms with Gasteiger partial charge in [0.15, 0.2) is 0 Å². The van der Waals surface area contributed by atoms with Crippen molar-refractivity contribution in [2.24, 2.45) is 0 Å². The first kappa shape index (κ1) is 14.6. The van der Waals surface area contributed by atoms with Gasteiger partial charge in [0.1, 0.15) is 5.82 Å². The Hall–Kier alpha value is -2.28. The minimum Gasteiger partial charge on any atom is -0.412 e. The standard InChI is InChI=1S/C15H17FN4O2/c1-2-19-6-8-20(9-7-19)15(21)14-18-17-13(22-14)11-4-3-5-12(16)10-11/h3-5,10H,2,6-9H2,1H3. The summed E-state index contributed by atoms with van der Waals surface area (Å²) >= 11 is 0. The number of carbonyl (C=O) groups is 1. The van der Waals surface area contributed by atoms with Gasteiger partial charge in [-0.3, -0.25) is 4.79 Å². The second-order valence-corrected chi connectivity index (χ2v) is 5.15. The highest BCUT2D eigenvalue weighted by atomic mass is 19.1. The van der Waals surface area contributed by atoms with Crippen molar-refractivity contribution in [3.8, 4) is 11.5 Å². The van der Waals surface area contributed by atoms with Crippen molar-refractivity contribution in [1.29, 1.82) is 0 Å². The van der Waals surface area contributed by atoms with E-state index in [1.54, 1.807) is 17.0 Å². The highest BCUT2D eigenvalue weighted by Gasteiger charge is 2.25. The molecule has 1 aliphatic rings. The van der Waals surface area contributed by atoms with Crippen molar-refractivity contribution >= 4 is 5.91 Å². The Morgan fingerprint density at radius 1 is 1.27 bits per heavy atom. The van der Waals surface area contributed by atoms with E-state index < -0.39 is 0 Å². The van der Waals surface area contributed by atoms with Crippen LogP contribution in [0.15, 0.2) is 28.7 Å². The zero-order valence-electron chi connectivity index (χ0n) is 12.3. The molecule has 1 aliphatic heterocycles. The van der Waals surface area contributed by atoms with E-state index in [1.165, 1.54) is 12.1 Å². The van der Waals surface area contributed by atoms with Gasteiger partial charge in [0.05, 0.1) is 0 Å². The van der Waals surface area contributed by atoms with Crippen LogP contribution in [0.2, 0.25) is 0 Å². The van der Waals surface area contributed by atoms with Crippen LogP contribution in [0.5, 0.6) is 0 Å². The number of likely N-dealkylation sites (N-methyl/N-ethyl adjacent to an activating group) is 1. The molecule has 7 heteroatoms. The second-order valence-electron chi connectivity index (χ2n) is 5.15. The van der Waals surface area contributed by atoms with E-state index >= 15 is 0 Å². The van der Waals surface area contributed by atoms with Crippen LogP contribution in [0.4, 0.5) is 4.39 Å². The van der Waals surface area contributed by atoms with Gasteiger partial charge in [-0.1, -0.05) is 13.0 Å². The molecule has 0 saturated carbocycles. The van der Waals surface area contributed by atoms with E-state index in [-0.39, 0.29) is 23.5 Å². The number of hydrogen-bond acceptors (Lipinski definition) is 5. The Balaban J connectivity index is 1.72. The molecule has 0 spiro atoms. The lowest BCUT2D eigenvalue weighted by atomic mass is 10.2. The summed E-state index contributed by atoms with van der Waals surface area (Å²) < 4.78 is 18.6. The molecular weight excluding hydrogens is 287 g/mol. The SMILES string of the molecule is CCN1CCN(C(=O)c2nnc(-c3cccc(F)c3)o2)CC1. The molecule has 6 nitrogen and oxygen atoms in total. The number of piperazine rings is 1. The van der Waals surface area contributed by atoms with E-state index in [0.29, 0.717) is 18.7 Å². The van der Waals surface area contributed by atoms with Crippen molar-refractivity contribution in [2.45, 2.75) is 6.92 Å². The molecule has 0 N–H and O–H groups in total. The van der Waals surface area contributed by atoms with Gasteiger partial charge < -0.3 is 14.2 Å². The fraction of sp³-hybridized carbons (Fsp3) is 0.400. The lowest BCUT2D eigenvalue weighted by molar-refractivity contribution is 0.0605. The number of nitrogens with zero attached hydrogens (tertiary/aromatic N) is 4. The summed E-state index contributed by atoms with van der Waals surface area (Å²) in [4.78, 5) is 16.3. The molecule has 0 bridgehead atoms. The molecule has 0 radical (unpaired) electrons. The molecule has 1 aromatic heterocycles. The van der Waals surface area contributed by atoms with Gasteiger partial charge in [-0.15, -0.1) is 10.2 Å². The lowest BCUT2D eigenvalue weighted by Gasteiger charge is -2.33. The third-order valence-electron chi connectivity index (χ3n) is 3.79. The van der Waals surface area contributed by atoms with E-state index in [9.17, 15) is 9.18 Å². The number of benzene rings is 1. The molecule has 1 amide bonds. The quantitative estimate of drug-likeness (QED) is 0.863. The highest BCUT2D eigenvalue weighted by molar-refractivity contribution is 5.89. The fourth-order valence-corrected chi connectivity index (χ4v) is 2.45. The molecule has 1 fully saturated rings. The van der Waals surface area contributed by atoms with Crippen molar-refractivity contribution < 1.29 is 13.6 Å². The van der Waals surface area contributed by atoms with Gasteiger partial charge in [-0.2, -0.15) is 0 Å². The fourth-order valence-electron chi connectivity index (χ4n) is 2.45. The Morgan fingerprint density at radius 3 is 2.73 bits per heavy atom. The van der Waals surface area contributed by atoms with Gasteiger partial charge in [0.2, 0.25) is 5.89 Å². The van der Waals surface area contributed by atoms with E-state index in [4.69, 9.17) is 4.42 Å². The number of amides is 1. The predicted octanol–water partition coefficient (Wildman–Crippen LogP) is 1.65. The molecule has 0 atom stereocenters. The molecule has 2 heterocycles. The number of carbonyl (C=O) groups excluding carboxylic acids is 1. The van der Waals surface area contributed by atoms with Crippen LogP contribution in [0.1, 0.15) is 17.6 Å². The summed E-state index contributed by atoms with van der Waals surface area (Å²) in [6.07, 6.45) is 0. The van der Waals surface area contributed by atoms with Crippen molar-refractivity contribution in [2.75, 3.05) is 32.7 Å². The average Bonchev–Trinajstić information content (AvgIpc) is 3.04. The highest BCUT2D eigenvalue weighted by Crippen LogP contribution is 2.19. The minimum atomic E-state index is -0.390. The van der Waals surface area contributed by atoms with E-state index in [2.05, 4.69) is 22.0 Å². The topological polar surface area (TPSA) is 62.5 Å². The molecule has 2 aromatic rings. The molecule has 116 valence electrons. The van der Waals surface area contributed by atoms with Crippen molar-refractivity contribution in [3.05, 3.63) is 36.0 Å². The van der Waals surface area contributed by atoms with E-state index in [1.807, 2.05) is 0 Å². The molecular formula is C15H17FN4O2. The normalized spacial score (nSPS) is 16.0. The minimum absolute atomic E-state index is 0.0517. The van der Waals surface area contributed by atoms with Crippen LogP contribution in [0.3, 0.4) is 0 Å². The summed E-state index contributed by atoms with van der Waals surface area (Å²) in [6, 6.07) is 5.84. The van der Waals surface area contributed by atoms with Crippen LogP contribution in [0.25, 0.3) is 11.5 Å². The molecule has 0 aliphatic carbocycles. The zero-order chi connectivity index (χ0) is 15.5. The van der Waals surface area contributed by atoms with Crippen LogP contribution >= 0.6 is 0 Å².